The highest BCUT2D eigenvalue weighted by Crippen LogP contribution is 2.29. The van der Waals surface area contributed by atoms with E-state index in [1.54, 1.807) is 12.3 Å². The second kappa shape index (κ2) is 7.92. The molecule has 0 spiro atoms. The van der Waals surface area contributed by atoms with E-state index < -0.39 is 6.17 Å². The molecule has 0 saturated carbocycles. The van der Waals surface area contributed by atoms with E-state index in [1.807, 2.05) is 49.7 Å². The van der Waals surface area contributed by atoms with Crippen molar-refractivity contribution in [3.05, 3.63) is 29.1 Å². The van der Waals surface area contributed by atoms with Gasteiger partial charge in [0, 0.05) is 40.3 Å². The molecule has 1 aliphatic heterocycles. The van der Waals surface area contributed by atoms with E-state index in [1.165, 1.54) is 0 Å². The molecule has 1 saturated heterocycles. The minimum absolute atomic E-state index is 0.0973. The van der Waals surface area contributed by atoms with Crippen molar-refractivity contribution >= 4 is 17.6 Å². The highest BCUT2D eigenvalue weighted by Gasteiger charge is 2.34. The van der Waals surface area contributed by atoms with Crippen molar-refractivity contribution < 1.29 is 4.39 Å². The van der Waals surface area contributed by atoms with Crippen LogP contribution in [0.25, 0.3) is 0 Å². The molecule has 0 N–H and O–H groups in total. The van der Waals surface area contributed by atoms with Crippen molar-refractivity contribution in [3.63, 3.8) is 0 Å². The maximum atomic E-state index is 14.3. The number of likely N-dealkylation sites (N-methyl/N-ethyl adjacent to an activating group) is 1. The molecule has 1 aliphatic rings. The van der Waals surface area contributed by atoms with E-state index in [9.17, 15) is 9.65 Å². The summed E-state index contributed by atoms with van der Waals surface area (Å²) in [6, 6.07) is 3.93. The molecule has 2 aromatic heterocycles. The van der Waals surface area contributed by atoms with Crippen molar-refractivity contribution in [2.75, 3.05) is 48.9 Å². The number of aryl methyl sites for hydroxylation is 1. The third kappa shape index (κ3) is 3.81. The van der Waals surface area contributed by atoms with Crippen LogP contribution in [0.3, 0.4) is 0 Å². The predicted molar refractivity (Wildman–Crippen MR) is 106 cm³/mol. The van der Waals surface area contributed by atoms with Crippen LogP contribution in [0.2, 0.25) is 0 Å². The Hall–Kier alpha value is -3.02. The minimum Gasteiger partial charge on any atom is -0.355 e. The number of hydrogen-bond acceptors (Lipinski definition) is 8. The Kier molecular flexibility index (Phi) is 5.58. The maximum Gasteiger partial charge on any atom is 0.226 e. The number of anilines is 3. The van der Waals surface area contributed by atoms with Gasteiger partial charge in [0.1, 0.15) is 23.6 Å². The number of hydrogen-bond donors (Lipinski definition) is 0. The summed E-state index contributed by atoms with van der Waals surface area (Å²) < 4.78 is 14.3. The lowest BCUT2D eigenvalue weighted by atomic mass is 10.1. The van der Waals surface area contributed by atoms with Gasteiger partial charge in [0.25, 0.3) is 0 Å². The molecule has 3 rings (SSSR count). The summed E-state index contributed by atoms with van der Waals surface area (Å²) in [5.41, 5.74) is 2.06. The number of alkyl halides is 1. The van der Waals surface area contributed by atoms with Crippen LogP contribution in [-0.4, -0.2) is 66.6 Å². The number of rotatable bonds is 5. The van der Waals surface area contributed by atoms with Crippen LogP contribution in [0.5, 0.6) is 0 Å². The van der Waals surface area contributed by atoms with Crippen LogP contribution >= 0.6 is 0 Å². The quantitative estimate of drug-likeness (QED) is 0.772. The fourth-order valence-corrected chi connectivity index (χ4v) is 3.43. The van der Waals surface area contributed by atoms with Gasteiger partial charge in [-0.05, 0) is 25.5 Å². The second-order valence-corrected chi connectivity index (χ2v) is 7.35. The third-order valence-corrected chi connectivity index (χ3v) is 5.08. The fraction of sp³-hybridized carbons (Fsp3) is 0.526. The first-order chi connectivity index (χ1) is 13.3. The van der Waals surface area contributed by atoms with Gasteiger partial charge in [-0.2, -0.15) is 15.3 Å². The summed E-state index contributed by atoms with van der Waals surface area (Å²) in [4.78, 5) is 14.4. The zero-order chi connectivity index (χ0) is 20.4. The standard InChI is InChI=1S/C19H25FN8/c1-12-13(2)24-25-18(16(12)9-21)27(5)11-15-8-14(20)10-28(15)17-6-7-22-19(23-17)26(3)4/h6-7,14-15H,8,10-11H2,1-5H3/t14-,15-/m0/s1. The first kappa shape index (κ1) is 19.7. The molecule has 3 heterocycles. The number of halogens is 1. The van der Waals surface area contributed by atoms with Gasteiger partial charge in [-0.1, -0.05) is 0 Å². The molecule has 8 nitrogen and oxygen atoms in total. The zero-order valence-electron chi connectivity index (χ0n) is 16.9. The molecule has 0 amide bonds. The van der Waals surface area contributed by atoms with Gasteiger partial charge >= 0.3 is 0 Å². The van der Waals surface area contributed by atoms with Gasteiger partial charge < -0.3 is 14.7 Å². The Balaban J connectivity index is 1.86. The highest BCUT2D eigenvalue weighted by molar-refractivity contribution is 5.57. The normalized spacial score (nSPS) is 18.8. The van der Waals surface area contributed by atoms with Crippen LogP contribution in [0.15, 0.2) is 12.3 Å². The summed E-state index contributed by atoms with van der Waals surface area (Å²) in [7, 11) is 5.59. The van der Waals surface area contributed by atoms with E-state index in [4.69, 9.17) is 0 Å². The van der Waals surface area contributed by atoms with Crippen LogP contribution in [0.1, 0.15) is 23.2 Å². The van der Waals surface area contributed by atoms with E-state index in [-0.39, 0.29) is 12.6 Å². The Morgan fingerprint density at radius 2 is 2.04 bits per heavy atom. The molecular weight excluding hydrogens is 359 g/mol. The Morgan fingerprint density at radius 3 is 2.71 bits per heavy atom. The van der Waals surface area contributed by atoms with Crippen molar-refractivity contribution in [2.24, 2.45) is 0 Å². The maximum absolute atomic E-state index is 14.3. The molecule has 2 aromatic rings. The summed E-state index contributed by atoms with van der Waals surface area (Å²) >= 11 is 0. The smallest absolute Gasteiger partial charge is 0.226 e. The van der Waals surface area contributed by atoms with Crippen molar-refractivity contribution in [3.8, 4) is 6.07 Å². The van der Waals surface area contributed by atoms with Crippen LogP contribution in [0, 0.1) is 25.2 Å². The van der Waals surface area contributed by atoms with E-state index in [0.717, 1.165) is 11.3 Å². The molecule has 0 aliphatic carbocycles. The molecule has 0 radical (unpaired) electrons. The van der Waals surface area contributed by atoms with Crippen LogP contribution in [-0.2, 0) is 0 Å². The van der Waals surface area contributed by atoms with E-state index in [2.05, 4.69) is 26.2 Å². The largest absolute Gasteiger partial charge is 0.355 e. The Bertz CT molecular complexity index is 894. The lowest BCUT2D eigenvalue weighted by Crippen LogP contribution is -2.40. The number of nitrogens with zero attached hydrogens (tertiary/aromatic N) is 8. The van der Waals surface area contributed by atoms with Crippen LogP contribution < -0.4 is 14.7 Å². The van der Waals surface area contributed by atoms with Gasteiger partial charge in [0.15, 0.2) is 5.82 Å². The molecule has 28 heavy (non-hydrogen) atoms. The highest BCUT2D eigenvalue weighted by atomic mass is 19.1. The second-order valence-electron chi connectivity index (χ2n) is 7.35. The SMILES string of the molecule is Cc1nnc(N(C)C[C@@H]2C[C@H](F)CN2c2ccnc(N(C)C)n2)c(C#N)c1C. The zero-order valence-corrected chi connectivity index (χ0v) is 16.9. The Morgan fingerprint density at radius 1 is 1.29 bits per heavy atom. The number of nitriles is 1. The van der Waals surface area contributed by atoms with Gasteiger partial charge in [0.05, 0.1) is 18.3 Å². The fourth-order valence-electron chi connectivity index (χ4n) is 3.43. The molecule has 0 unspecified atom stereocenters. The van der Waals surface area contributed by atoms with Crippen molar-refractivity contribution in [2.45, 2.75) is 32.5 Å². The van der Waals surface area contributed by atoms with Crippen molar-refractivity contribution in [1.29, 1.82) is 5.26 Å². The summed E-state index contributed by atoms with van der Waals surface area (Å²) in [6.45, 7) is 4.49. The molecule has 0 aromatic carbocycles. The molecule has 2 atom stereocenters. The molecule has 0 bridgehead atoms. The molecular formula is C19H25FN8. The first-order valence-electron chi connectivity index (χ1n) is 9.18. The number of aromatic nitrogens is 4. The average Bonchev–Trinajstić information content (AvgIpc) is 3.03. The summed E-state index contributed by atoms with van der Waals surface area (Å²) in [5.74, 6) is 1.80. The van der Waals surface area contributed by atoms with Crippen LogP contribution in [0.4, 0.5) is 22.0 Å². The Labute approximate surface area is 164 Å². The predicted octanol–water partition coefficient (Wildman–Crippen LogP) is 1.87. The lowest BCUT2D eigenvalue weighted by molar-refractivity contribution is 0.356. The summed E-state index contributed by atoms with van der Waals surface area (Å²) in [5, 5.41) is 17.9. The lowest BCUT2D eigenvalue weighted by Gasteiger charge is -2.30. The molecule has 1 fully saturated rings. The average molecular weight is 384 g/mol. The molecule has 148 valence electrons. The van der Waals surface area contributed by atoms with E-state index in [0.29, 0.717) is 36.1 Å². The monoisotopic (exact) mass is 384 g/mol. The van der Waals surface area contributed by atoms with E-state index >= 15 is 0 Å². The van der Waals surface area contributed by atoms with Gasteiger partial charge in [-0.15, -0.1) is 5.10 Å². The van der Waals surface area contributed by atoms with Gasteiger partial charge in [-0.3, -0.25) is 0 Å². The van der Waals surface area contributed by atoms with Gasteiger partial charge in [-0.25, -0.2) is 9.37 Å². The van der Waals surface area contributed by atoms with Gasteiger partial charge in [0.2, 0.25) is 5.95 Å². The molecule has 9 heteroatoms. The first-order valence-corrected chi connectivity index (χ1v) is 9.18. The van der Waals surface area contributed by atoms with Crippen molar-refractivity contribution in [1.82, 2.24) is 20.2 Å². The topological polar surface area (TPSA) is 85.1 Å². The third-order valence-electron chi connectivity index (χ3n) is 5.08. The minimum atomic E-state index is -0.933. The summed E-state index contributed by atoms with van der Waals surface area (Å²) in [6.07, 6.45) is 1.15.